The molecule has 0 unspecified atom stereocenters. The van der Waals surface area contributed by atoms with Gasteiger partial charge in [-0.2, -0.15) is 0 Å². The SMILES string of the molecule is CNS(=O)(=O)c1cc(C(=O)N2CCNC[C@@H]2C)ccc1F. The fourth-order valence-corrected chi connectivity index (χ4v) is 3.09. The second kappa shape index (κ2) is 6.08. The molecule has 1 atom stereocenters. The lowest BCUT2D eigenvalue weighted by atomic mass is 10.1. The number of rotatable bonds is 3. The molecule has 1 amide bonds. The Balaban J connectivity index is 2.37. The van der Waals surface area contributed by atoms with Crippen molar-refractivity contribution in [2.24, 2.45) is 0 Å². The maximum atomic E-state index is 13.7. The first-order valence-electron chi connectivity index (χ1n) is 6.61. The summed E-state index contributed by atoms with van der Waals surface area (Å²) in [5.41, 5.74) is 0.166. The van der Waals surface area contributed by atoms with Crippen molar-refractivity contribution in [3.8, 4) is 0 Å². The Kier molecular flexibility index (Phi) is 4.60. The van der Waals surface area contributed by atoms with Gasteiger partial charge in [-0.15, -0.1) is 0 Å². The van der Waals surface area contributed by atoms with E-state index < -0.39 is 20.7 Å². The predicted molar refractivity (Wildman–Crippen MR) is 76.0 cm³/mol. The molecule has 6 nitrogen and oxygen atoms in total. The van der Waals surface area contributed by atoms with Gasteiger partial charge in [0.1, 0.15) is 10.7 Å². The number of piperazine rings is 1. The van der Waals surface area contributed by atoms with E-state index in [-0.39, 0.29) is 17.5 Å². The normalized spacial score (nSPS) is 19.6. The van der Waals surface area contributed by atoms with Gasteiger partial charge in [-0.05, 0) is 32.2 Å². The molecular formula is C13H18FN3O3S. The topological polar surface area (TPSA) is 78.5 Å². The zero-order valence-electron chi connectivity index (χ0n) is 11.9. The molecule has 1 aromatic carbocycles. The number of sulfonamides is 1. The van der Waals surface area contributed by atoms with Gasteiger partial charge in [0.25, 0.3) is 5.91 Å². The molecule has 0 bridgehead atoms. The second-order valence-electron chi connectivity index (χ2n) is 4.90. The van der Waals surface area contributed by atoms with Gasteiger partial charge in [-0.1, -0.05) is 0 Å². The highest BCUT2D eigenvalue weighted by Crippen LogP contribution is 2.18. The lowest BCUT2D eigenvalue weighted by molar-refractivity contribution is 0.0655. The highest BCUT2D eigenvalue weighted by atomic mass is 32.2. The van der Waals surface area contributed by atoms with Crippen LogP contribution in [-0.2, 0) is 10.0 Å². The minimum absolute atomic E-state index is 0.000611. The molecule has 8 heteroatoms. The number of nitrogens with zero attached hydrogens (tertiary/aromatic N) is 1. The van der Waals surface area contributed by atoms with Gasteiger partial charge in [0.05, 0.1) is 0 Å². The first-order valence-corrected chi connectivity index (χ1v) is 8.10. The van der Waals surface area contributed by atoms with Crippen LogP contribution in [0.15, 0.2) is 23.1 Å². The fraction of sp³-hybridized carbons (Fsp3) is 0.462. The van der Waals surface area contributed by atoms with E-state index in [1.165, 1.54) is 13.1 Å². The van der Waals surface area contributed by atoms with Crippen LogP contribution < -0.4 is 10.0 Å². The minimum atomic E-state index is -3.94. The number of hydrogen-bond acceptors (Lipinski definition) is 4. The number of nitrogens with one attached hydrogen (secondary N) is 2. The van der Waals surface area contributed by atoms with Gasteiger partial charge in [-0.3, -0.25) is 4.79 Å². The van der Waals surface area contributed by atoms with Crippen molar-refractivity contribution in [2.45, 2.75) is 17.9 Å². The molecule has 21 heavy (non-hydrogen) atoms. The summed E-state index contributed by atoms with van der Waals surface area (Å²) in [7, 11) is -2.74. The van der Waals surface area contributed by atoms with Crippen molar-refractivity contribution in [3.63, 3.8) is 0 Å². The maximum absolute atomic E-state index is 13.7. The molecule has 2 rings (SSSR count). The number of halogens is 1. The average molecular weight is 315 g/mol. The molecule has 1 heterocycles. The number of hydrogen-bond donors (Lipinski definition) is 2. The summed E-state index contributed by atoms with van der Waals surface area (Å²) in [6, 6.07) is 3.39. The summed E-state index contributed by atoms with van der Waals surface area (Å²) in [4.78, 5) is 13.6. The van der Waals surface area contributed by atoms with Gasteiger partial charge in [0, 0.05) is 31.2 Å². The van der Waals surface area contributed by atoms with Crippen LogP contribution >= 0.6 is 0 Å². The molecule has 1 aromatic rings. The second-order valence-corrected chi connectivity index (χ2v) is 6.76. The lowest BCUT2D eigenvalue weighted by Crippen LogP contribution is -2.52. The first-order chi connectivity index (χ1) is 9.86. The van der Waals surface area contributed by atoms with Crippen LogP contribution in [0.25, 0.3) is 0 Å². The Morgan fingerprint density at radius 2 is 2.19 bits per heavy atom. The summed E-state index contributed by atoms with van der Waals surface area (Å²) in [5.74, 6) is -1.18. The predicted octanol–water partition coefficient (Wildman–Crippen LogP) is 0.168. The Bertz CT molecular complexity index is 648. The summed E-state index contributed by atoms with van der Waals surface area (Å²) in [6.07, 6.45) is 0. The highest BCUT2D eigenvalue weighted by Gasteiger charge is 2.26. The van der Waals surface area contributed by atoms with Gasteiger partial charge in [0.15, 0.2) is 0 Å². The van der Waals surface area contributed by atoms with Crippen LogP contribution in [0.4, 0.5) is 4.39 Å². The van der Waals surface area contributed by atoms with E-state index in [2.05, 4.69) is 10.0 Å². The van der Waals surface area contributed by atoms with Crippen molar-refractivity contribution in [1.82, 2.24) is 14.9 Å². The van der Waals surface area contributed by atoms with Gasteiger partial charge in [0.2, 0.25) is 10.0 Å². The van der Waals surface area contributed by atoms with E-state index in [0.29, 0.717) is 19.6 Å². The number of carbonyl (C=O) groups is 1. The zero-order chi connectivity index (χ0) is 15.6. The average Bonchev–Trinajstić information content (AvgIpc) is 2.47. The molecule has 0 aliphatic carbocycles. The Hall–Kier alpha value is -1.51. The molecule has 1 aliphatic heterocycles. The smallest absolute Gasteiger partial charge is 0.254 e. The molecule has 0 radical (unpaired) electrons. The van der Waals surface area contributed by atoms with E-state index in [4.69, 9.17) is 0 Å². The molecule has 1 aliphatic rings. The van der Waals surface area contributed by atoms with Crippen LogP contribution in [0.3, 0.4) is 0 Å². The van der Waals surface area contributed by atoms with Gasteiger partial charge < -0.3 is 10.2 Å². The van der Waals surface area contributed by atoms with Crippen molar-refractivity contribution >= 4 is 15.9 Å². The summed E-state index contributed by atoms with van der Waals surface area (Å²) >= 11 is 0. The van der Waals surface area contributed by atoms with E-state index in [0.717, 1.165) is 12.1 Å². The molecule has 1 fully saturated rings. The third-order valence-corrected chi connectivity index (χ3v) is 4.93. The molecule has 116 valence electrons. The molecule has 1 saturated heterocycles. The molecule has 0 aromatic heterocycles. The van der Waals surface area contributed by atoms with Crippen molar-refractivity contribution in [2.75, 3.05) is 26.7 Å². The van der Waals surface area contributed by atoms with Crippen LogP contribution in [-0.4, -0.2) is 51.9 Å². The fourth-order valence-electron chi connectivity index (χ4n) is 2.26. The molecule has 0 spiro atoms. The van der Waals surface area contributed by atoms with E-state index in [1.807, 2.05) is 6.92 Å². The quantitative estimate of drug-likeness (QED) is 0.833. The van der Waals surface area contributed by atoms with Crippen molar-refractivity contribution in [3.05, 3.63) is 29.6 Å². The van der Waals surface area contributed by atoms with E-state index in [1.54, 1.807) is 4.90 Å². The number of amides is 1. The van der Waals surface area contributed by atoms with Crippen LogP contribution in [0.5, 0.6) is 0 Å². The largest absolute Gasteiger partial charge is 0.333 e. The van der Waals surface area contributed by atoms with Crippen LogP contribution in [0.2, 0.25) is 0 Å². The zero-order valence-corrected chi connectivity index (χ0v) is 12.7. The number of carbonyl (C=O) groups excluding carboxylic acids is 1. The third-order valence-electron chi connectivity index (χ3n) is 3.50. The molecule has 0 saturated carbocycles. The van der Waals surface area contributed by atoms with Crippen LogP contribution in [0, 0.1) is 5.82 Å². The third kappa shape index (κ3) is 3.22. The monoisotopic (exact) mass is 315 g/mol. The number of benzene rings is 1. The Morgan fingerprint density at radius 1 is 1.48 bits per heavy atom. The summed E-state index contributed by atoms with van der Waals surface area (Å²) in [5, 5.41) is 3.16. The standard InChI is InChI=1S/C13H18FN3O3S/c1-9-8-16-5-6-17(9)13(18)10-3-4-11(14)12(7-10)21(19,20)15-2/h3-4,7,9,15-16H,5-6,8H2,1-2H3/t9-/m0/s1. The van der Waals surface area contributed by atoms with E-state index in [9.17, 15) is 17.6 Å². The first kappa shape index (κ1) is 15.9. The Morgan fingerprint density at radius 3 is 2.81 bits per heavy atom. The van der Waals surface area contributed by atoms with Crippen molar-refractivity contribution in [1.29, 1.82) is 0 Å². The van der Waals surface area contributed by atoms with Gasteiger partial charge in [-0.25, -0.2) is 17.5 Å². The molecular weight excluding hydrogens is 297 g/mol. The van der Waals surface area contributed by atoms with E-state index >= 15 is 0 Å². The van der Waals surface area contributed by atoms with Crippen LogP contribution in [0.1, 0.15) is 17.3 Å². The summed E-state index contributed by atoms with van der Waals surface area (Å²) < 4.78 is 39.2. The summed E-state index contributed by atoms with van der Waals surface area (Å²) in [6.45, 7) is 3.79. The lowest BCUT2D eigenvalue weighted by Gasteiger charge is -2.34. The minimum Gasteiger partial charge on any atom is -0.333 e. The molecule has 2 N–H and O–H groups in total. The van der Waals surface area contributed by atoms with Crippen molar-refractivity contribution < 1.29 is 17.6 Å². The van der Waals surface area contributed by atoms with Gasteiger partial charge >= 0.3 is 0 Å². The maximum Gasteiger partial charge on any atom is 0.254 e. The highest BCUT2D eigenvalue weighted by molar-refractivity contribution is 7.89. The Labute approximate surface area is 123 Å².